The van der Waals surface area contributed by atoms with Crippen molar-refractivity contribution < 1.29 is 13.7 Å². The first kappa shape index (κ1) is 16.7. The van der Waals surface area contributed by atoms with Crippen LogP contribution in [0.4, 0.5) is 0 Å². The summed E-state index contributed by atoms with van der Waals surface area (Å²) in [6.45, 7) is 3.99. The van der Waals surface area contributed by atoms with Gasteiger partial charge in [-0.1, -0.05) is 15.9 Å². The van der Waals surface area contributed by atoms with Crippen LogP contribution in [-0.4, -0.2) is 29.2 Å². The molecule has 2 unspecified atom stereocenters. The monoisotopic (exact) mass is 411 g/mol. The topological polar surface area (TPSA) is 47.9 Å². The Balaban J connectivity index is 1.86. The van der Waals surface area contributed by atoms with Crippen LogP contribution in [0.3, 0.4) is 0 Å². The van der Waals surface area contributed by atoms with Gasteiger partial charge in [0.15, 0.2) is 0 Å². The summed E-state index contributed by atoms with van der Waals surface area (Å²) in [7, 11) is 0.474. The minimum Gasteiger partial charge on any atom is -0.486 e. The van der Waals surface area contributed by atoms with Crippen LogP contribution in [0.25, 0.3) is 0 Å². The normalized spacial score (nSPS) is 36.2. The van der Waals surface area contributed by atoms with E-state index in [0.29, 0.717) is 6.10 Å². The smallest absolute Gasteiger partial charge is 0.149 e. The van der Waals surface area contributed by atoms with E-state index in [9.17, 15) is 4.21 Å². The predicted molar refractivity (Wildman–Crippen MR) is 99.2 cm³/mol. The largest absolute Gasteiger partial charge is 0.486 e. The van der Waals surface area contributed by atoms with Crippen LogP contribution in [-0.2, 0) is 20.5 Å². The molecule has 0 amide bonds. The second-order valence-electron chi connectivity index (χ2n) is 7.43. The standard InChI is InChI=1S/C18H22BrNO3S/c1-17(2)16-13(19)4-5-14-15(16)12(10-20-24(17)21)18(23-14)8-6-11(22-3)7-9-18/h4-5,10-12H,6-9H2,1-3H3. The quantitative estimate of drug-likeness (QED) is 0.694. The van der Waals surface area contributed by atoms with Gasteiger partial charge in [-0.25, -0.2) is 4.21 Å². The summed E-state index contributed by atoms with van der Waals surface area (Å²) in [5.41, 5.74) is 1.97. The Morgan fingerprint density at radius 1 is 1.33 bits per heavy atom. The molecule has 1 spiro atoms. The number of methoxy groups -OCH3 is 1. The van der Waals surface area contributed by atoms with E-state index >= 15 is 0 Å². The molecule has 2 heterocycles. The number of halogens is 1. The van der Waals surface area contributed by atoms with Crippen LogP contribution < -0.4 is 4.74 Å². The number of hydrogen-bond acceptors (Lipinski definition) is 3. The summed E-state index contributed by atoms with van der Waals surface area (Å²) in [4.78, 5) is 0. The molecule has 1 saturated carbocycles. The Kier molecular flexibility index (Phi) is 3.93. The van der Waals surface area contributed by atoms with Crippen molar-refractivity contribution in [1.82, 2.24) is 0 Å². The lowest BCUT2D eigenvalue weighted by Gasteiger charge is -2.39. The number of nitrogens with zero attached hydrogens (tertiary/aromatic N) is 1. The van der Waals surface area contributed by atoms with Gasteiger partial charge in [-0.3, -0.25) is 0 Å². The van der Waals surface area contributed by atoms with Crippen LogP contribution in [0.5, 0.6) is 5.75 Å². The zero-order chi connectivity index (χ0) is 17.1. The molecular weight excluding hydrogens is 390 g/mol. The third kappa shape index (κ3) is 2.26. The maximum atomic E-state index is 12.7. The zero-order valence-electron chi connectivity index (χ0n) is 14.2. The molecule has 6 heteroatoms. The van der Waals surface area contributed by atoms with Crippen molar-refractivity contribution in [3.8, 4) is 5.75 Å². The summed E-state index contributed by atoms with van der Waals surface area (Å²) in [6.07, 6.45) is 6.03. The Hall–Kier alpha value is -0.720. The van der Waals surface area contributed by atoms with Crippen molar-refractivity contribution >= 4 is 33.1 Å². The molecule has 0 bridgehead atoms. The van der Waals surface area contributed by atoms with Crippen LogP contribution in [0.15, 0.2) is 21.0 Å². The summed E-state index contributed by atoms with van der Waals surface area (Å²) < 4.78 is 29.6. The van der Waals surface area contributed by atoms with Crippen molar-refractivity contribution in [3.63, 3.8) is 0 Å². The van der Waals surface area contributed by atoms with E-state index in [4.69, 9.17) is 9.47 Å². The van der Waals surface area contributed by atoms with E-state index < -0.39 is 15.7 Å². The number of fused-ring (bicyclic) bond motifs is 1. The lowest BCUT2D eigenvalue weighted by atomic mass is 9.72. The number of hydrogen-bond donors (Lipinski definition) is 0. The molecule has 1 aromatic carbocycles. The number of benzene rings is 1. The Morgan fingerprint density at radius 2 is 2.04 bits per heavy atom. The van der Waals surface area contributed by atoms with Gasteiger partial charge in [-0.05, 0) is 57.2 Å². The molecule has 24 heavy (non-hydrogen) atoms. The molecule has 4 rings (SSSR count). The second-order valence-corrected chi connectivity index (χ2v) is 10.0. The average Bonchev–Trinajstić information content (AvgIpc) is 2.79. The highest BCUT2D eigenvalue weighted by Gasteiger charge is 2.53. The molecule has 3 aliphatic rings. The van der Waals surface area contributed by atoms with Gasteiger partial charge in [0.25, 0.3) is 0 Å². The van der Waals surface area contributed by atoms with Gasteiger partial charge in [0.2, 0.25) is 0 Å². The van der Waals surface area contributed by atoms with E-state index in [-0.39, 0.29) is 11.5 Å². The molecule has 0 aromatic heterocycles. The molecule has 130 valence electrons. The first-order chi connectivity index (χ1) is 11.4. The highest BCUT2D eigenvalue weighted by molar-refractivity contribution is 9.10. The zero-order valence-corrected chi connectivity index (χ0v) is 16.6. The third-order valence-electron chi connectivity index (χ3n) is 5.80. The summed E-state index contributed by atoms with van der Waals surface area (Å²) in [5, 5.41) is 0. The van der Waals surface area contributed by atoms with E-state index in [1.54, 1.807) is 7.11 Å². The highest BCUT2D eigenvalue weighted by atomic mass is 79.9. The lowest BCUT2D eigenvalue weighted by molar-refractivity contribution is -0.0177. The molecule has 1 aromatic rings. The minimum atomic E-state index is -1.31. The summed E-state index contributed by atoms with van der Waals surface area (Å²) >= 11 is 3.68. The fourth-order valence-corrected chi connectivity index (χ4v) is 6.27. The van der Waals surface area contributed by atoms with Crippen LogP contribution in [0.1, 0.15) is 56.6 Å². The Labute approximate surface area is 153 Å². The molecule has 4 nitrogen and oxygen atoms in total. The van der Waals surface area contributed by atoms with Crippen molar-refractivity contribution in [2.24, 2.45) is 4.40 Å². The first-order valence-corrected chi connectivity index (χ1v) is 10.3. The number of rotatable bonds is 1. The van der Waals surface area contributed by atoms with E-state index in [1.807, 2.05) is 32.2 Å². The first-order valence-electron chi connectivity index (χ1n) is 8.40. The number of ether oxygens (including phenoxy) is 2. The van der Waals surface area contributed by atoms with Gasteiger partial charge in [0.1, 0.15) is 22.3 Å². The molecule has 0 saturated heterocycles. The summed E-state index contributed by atoms with van der Waals surface area (Å²) in [5.74, 6) is 0.982. The van der Waals surface area contributed by atoms with Crippen molar-refractivity contribution in [3.05, 3.63) is 27.7 Å². The van der Waals surface area contributed by atoms with Gasteiger partial charge >= 0.3 is 0 Å². The third-order valence-corrected chi connectivity index (χ3v) is 7.85. The molecule has 2 atom stereocenters. The van der Waals surface area contributed by atoms with Crippen molar-refractivity contribution in [1.29, 1.82) is 0 Å². The van der Waals surface area contributed by atoms with Crippen molar-refractivity contribution in [2.75, 3.05) is 7.11 Å². The Morgan fingerprint density at radius 3 is 2.71 bits per heavy atom. The van der Waals surface area contributed by atoms with E-state index in [2.05, 4.69) is 20.3 Å². The maximum Gasteiger partial charge on any atom is 0.149 e. The molecule has 1 aliphatic carbocycles. The second kappa shape index (κ2) is 5.64. The van der Waals surface area contributed by atoms with Gasteiger partial charge in [-0.2, -0.15) is 4.40 Å². The van der Waals surface area contributed by atoms with Crippen LogP contribution in [0.2, 0.25) is 0 Å². The molecule has 1 fully saturated rings. The van der Waals surface area contributed by atoms with Crippen LogP contribution >= 0.6 is 15.9 Å². The minimum absolute atomic E-state index is 0.0588. The van der Waals surface area contributed by atoms with E-state index in [0.717, 1.165) is 41.5 Å². The summed E-state index contributed by atoms with van der Waals surface area (Å²) in [6, 6.07) is 4.04. The Bertz CT molecular complexity index is 738. The van der Waals surface area contributed by atoms with Gasteiger partial charge in [0, 0.05) is 23.4 Å². The van der Waals surface area contributed by atoms with E-state index in [1.165, 1.54) is 5.56 Å². The van der Waals surface area contributed by atoms with Gasteiger partial charge in [-0.15, -0.1) is 0 Å². The molecule has 0 N–H and O–H groups in total. The maximum absolute atomic E-state index is 12.7. The molecule has 0 radical (unpaired) electrons. The predicted octanol–water partition coefficient (Wildman–Crippen LogP) is 4.24. The van der Waals surface area contributed by atoms with Gasteiger partial charge in [0.05, 0.1) is 16.8 Å². The lowest BCUT2D eigenvalue weighted by Crippen LogP contribution is -2.44. The van der Waals surface area contributed by atoms with Crippen LogP contribution in [0, 0.1) is 0 Å². The highest BCUT2D eigenvalue weighted by Crippen LogP contribution is 2.56. The van der Waals surface area contributed by atoms with Gasteiger partial charge < -0.3 is 9.47 Å². The average molecular weight is 412 g/mol. The molecule has 2 aliphatic heterocycles. The SMILES string of the molecule is COC1CCC2(CC1)Oc1ccc(Br)c3c1C2C=NS(=O)C3(C)C. The fraction of sp³-hybridized carbons (Fsp3) is 0.611. The van der Waals surface area contributed by atoms with Crippen molar-refractivity contribution in [2.45, 2.75) is 61.9 Å². The fourth-order valence-electron chi connectivity index (χ4n) is 4.40. The molecular formula is C18H22BrNO3S.